The van der Waals surface area contributed by atoms with Crippen LogP contribution in [0.5, 0.6) is 5.75 Å². The number of ether oxygens (including phenoxy) is 1. The van der Waals surface area contributed by atoms with Crippen molar-refractivity contribution in [2.45, 2.75) is 19.3 Å². The fraction of sp³-hybridized carbons (Fsp3) is 0.364. The third-order valence-electron chi connectivity index (χ3n) is 2.17. The van der Waals surface area contributed by atoms with Crippen molar-refractivity contribution in [3.05, 3.63) is 33.3 Å². The van der Waals surface area contributed by atoms with Gasteiger partial charge in [-0.2, -0.15) is 0 Å². The minimum atomic E-state index is -0.858. The molecule has 1 aromatic carbocycles. The molecule has 1 rings (SSSR count). The lowest BCUT2D eigenvalue weighted by atomic mass is 10.2. The molecule has 0 aliphatic heterocycles. The van der Waals surface area contributed by atoms with Gasteiger partial charge in [0.15, 0.2) is 0 Å². The topological polar surface area (TPSA) is 89.7 Å². The van der Waals surface area contributed by atoms with E-state index in [0.29, 0.717) is 17.9 Å². The standard InChI is InChI=1S/C11H12ClNO5/c12-9-5-4-8(13(16)17)7-10(9)18-6-2-1-3-11(14)15/h4-5,7H,1-3,6H2,(H,14,15). The van der Waals surface area contributed by atoms with Crippen LogP contribution < -0.4 is 4.74 Å². The first-order chi connectivity index (χ1) is 8.50. The SMILES string of the molecule is O=C(O)CCCCOc1cc([N+](=O)[O-])ccc1Cl. The molecule has 0 aliphatic rings. The molecule has 0 aliphatic carbocycles. The number of non-ortho nitro benzene ring substituents is 1. The van der Waals surface area contributed by atoms with Crippen molar-refractivity contribution in [3.8, 4) is 5.75 Å². The van der Waals surface area contributed by atoms with Gasteiger partial charge in [-0.1, -0.05) is 11.6 Å². The minimum Gasteiger partial charge on any atom is -0.492 e. The van der Waals surface area contributed by atoms with Gasteiger partial charge in [-0.25, -0.2) is 0 Å². The summed E-state index contributed by atoms with van der Waals surface area (Å²) in [4.78, 5) is 20.3. The zero-order chi connectivity index (χ0) is 13.5. The van der Waals surface area contributed by atoms with E-state index in [-0.39, 0.29) is 24.5 Å². The Hall–Kier alpha value is -1.82. The zero-order valence-corrected chi connectivity index (χ0v) is 10.2. The number of carboxylic acid groups (broad SMARTS) is 1. The van der Waals surface area contributed by atoms with Crippen molar-refractivity contribution in [3.63, 3.8) is 0 Å². The molecule has 1 aromatic rings. The molecule has 0 spiro atoms. The van der Waals surface area contributed by atoms with Crippen molar-refractivity contribution >= 4 is 23.3 Å². The number of hydrogen-bond acceptors (Lipinski definition) is 4. The molecule has 18 heavy (non-hydrogen) atoms. The number of carbonyl (C=O) groups is 1. The van der Waals surface area contributed by atoms with Crippen LogP contribution in [-0.4, -0.2) is 22.6 Å². The Bertz CT molecular complexity index is 449. The van der Waals surface area contributed by atoms with E-state index in [1.54, 1.807) is 0 Å². The van der Waals surface area contributed by atoms with Crippen molar-refractivity contribution in [1.82, 2.24) is 0 Å². The number of nitro groups is 1. The molecule has 0 saturated heterocycles. The third kappa shape index (κ3) is 4.58. The Morgan fingerprint density at radius 3 is 2.78 bits per heavy atom. The van der Waals surface area contributed by atoms with Crippen LogP contribution in [-0.2, 0) is 4.79 Å². The average Bonchev–Trinajstić information content (AvgIpc) is 2.30. The summed E-state index contributed by atoms with van der Waals surface area (Å²) in [5.74, 6) is -0.621. The summed E-state index contributed by atoms with van der Waals surface area (Å²) in [7, 11) is 0. The normalized spacial score (nSPS) is 10.1. The second-order valence-corrected chi connectivity index (χ2v) is 3.98. The number of hydrogen-bond donors (Lipinski definition) is 1. The molecule has 0 heterocycles. The van der Waals surface area contributed by atoms with Crippen molar-refractivity contribution < 1.29 is 19.6 Å². The van der Waals surface area contributed by atoms with Crippen molar-refractivity contribution in [2.75, 3.05) is 6.61 Å². The largest absolute Gasteiger partial charge is 0.492 e. The Balaban J connectivity index is 2.48. The van der Waals surface area contributed by atoms with E-state index in [0.717, 1.165) is 0 Å². The molecular formula is C11H12ClNO5. The molecule has 0 amide bonds. The van der Waals surface area contributed by atoms with Crippen LogP contribution in [0, 0.1) is 10.1 Å². The molecule has 98 valence electrons. The molecular weight excluding hydrogens is 262 g/mol. The first-order valence-corrected chi connectivity index (χ1v) is 5.67. The lowest BCUT2D eigenvalue weighted by Gasteiger charge is -2.07. The Morgan fingerprint density at radius 1 is 1.44 bits per heavy atom. The second kappa shape index (κ2) is 6.80. The monoisotopic (exact) mass is 273 g/mol. The third-order valence-corrected chi connectivity index (χ3v) is 2.48. The molecule has 6 nitrogen and oxygen atoms in total. The van der Waals surface area contributed by atoms with Gasteiger partial charge in [0.2, 0.25) is 0 Å². The zero-order valence-electron chi connectivity index (χ0n) is 9.47. The van der Waals surface area contributed by atoms with Gasteiger partial charge in [-0.3, -0.25) is 14.9 Å². The summed E-state index contributed by atoms with van der Waals surface area (Å²) in [5, 5.41) is 19.3. The molecule has 0 saturated carbocycles. The maximum atomic E-state index is 10.6. The van der Waals surface area contributed by atoms with Gasteiger partial charge in [-0.05, 0) is 18.9 Å². The van der Waals surface area contributed by atoms with Crippen LogP contribution >= 0.6 is 11.6 Å². The van der Waals surface area contributed by atoms with E-state index in [1.165, 1.54) is 18.2 Å². The lowest BCUT2D eigenvalue weighted by Crippen LogP contribution is -2.01. The number of nitrogens with zero attached hydrogens (tertiary/aromatic N) is 1. The number of unbranched alkanes of at least 4 members (excludes halogenated alkanes) is 1. The number of rotatable bonds is 7. The van der Waals surface area contributed by atoms with Gasteiger partial charge in [0.05, 0.1) is 22.6 Å². The summed E-state index contributed by atoms with van der Waals surface area (Å²) < 4.78 is 5.28. The Morgan fingerprint density at radius 2 is 2.17 bits per heavy atom. The Kier molecular flexibility index (Phi) is 5.38. The molecule has 7 heteroatoms. The van der Waals surface area contributed by atoms with Crippen LogP contribution in [0.25, 0.3) is 0 Å². The smallest absolute Gasteiger partial charge is 0.303 e. The van der Waals surface area contributed by atoms with Crippen LogP contribution in [0.2, 0.25) is 5.02 Å². The van der Waals surface area contributed by atoms with Gasteiger partial charge >= 0.3 is 5.97 Å². The highest BCUT2D eigenvalue weighted by molar-refractivity contribution is 6.32. The van der Waals surface area contributed by atoms with E-state index >= 15 is 0 Å². The van der Waals surface area contributed by atoms with Crippen LogP contribution in [0.15, 0.2) is 18.2 Å². The predicted octanol–water partition coefficient (Wildman–Crippen LogP) is 2.88. The van der Waals surface area contributed by atoms with Crippen molar-refractivity contribution in [2.24, 2.45) is 0 Å². The van der Waals surface area contributed by atoms with Gasteiger partial charge in [0.25, 0.3) is 5.69 Å². The number of benzene rings is 1. The number of carboxylic acids is 1. The fourth-order valence-corrected chi connectivity index (χ4v) is 1.45. The maximum Gasteiger partial charge on any atom is 0.303 e. The lowest BCUT2D eigenvalue weighted by molar-refractivity contribution is -0.384. The summed E-state index contributed by atoms with van der Waals surface area (Å²) in [6, 6.07) is 3.94. The molecule has 0 bridgehead atoms. The Labute approximate surface area is 108 Å². The van der Waals surface area contributed by atoms with E-state index in [4.69, 9.17) is 21.4 Å². The fourth-order valence-electron chi connectivity index (χ4n) is 1.28. The molecule has 0 unspecified atom stereocenters. The highest BCUT2D eigenvalue weighted by atomic mass is 35.5. The summed E-state index contributed by atoms with van der Waals surface area (Å²) >= 11 is 5.82. The number of halogens is 1. The summed E-state index contributed by atoms with van der Waals surface area (Å²) in [6.07, 6.45) is 1.11. The molecule has 0 radical (unpaired) electrons. The van der Waals surface area contributed by atoms with Gasteiger partial charge < -0.3 is 9.84 Å². The first kappa shape index (κ1) is 14.2. The van der Waals surface area contributed by atoms with Crippen LogP contribution in [0.3, 0.4) is 0 Å². The van der Waals surface area contributed by atoms with Crippen molar-refractivity contribution in [1.29, 1.82) is 0 Å². The highest BCUT2D eigenvalue weighted by Crippen LogP contribution is 2.28. The molecule has 1 N–H and O–H groups in total. The minimum absolute atomic E-state index is 0.0754. The van der Waals surface area contributed by atoms with E-state index in [2.05, 4.69) is 0 Å². The van der Waals surface area contributed by atoms with Crippen LogP contribution in [0.1, 0.15) is 19.3 Å². The quantitative estimate of drug-likeness (QED) is 0.469. The second-order valence-electron chi connectivity index (χ2n) is 3.57. The maximum absolute atomic E-state index is 10.6. The number of nitro benzene ring substituents is 1. The molecule has 0 fully saturated rings. The average molecular weight is 274 g/mol. The summed E-state index contributed by atoms with van der Waals surface area (Å²) in [5.41, 5.74) is -0.0973. The highest BCUT2D eigenvalue weighted by Gasteiger charge is 2.10. The molecule has 0 atom stereocenters. The van der Waals surface area contributed by atoms with Gasteiger partial charge in [-0.15, -0.1) is 0 Å². The van der Waals surface area contributed by atoms with E-state index in [1.807, 2.05) is 0 Å². The van der Waals surface area contributed by atoms with Gasteiger partial charge in [0.1, 0.15) is 5.75 Å². The van der Waals surface area contributed by atoms with E-state index in [9.17, 15) is 14.9 Å². The molecule has 0 aromatic heterocycles. The van der Waals surface area contributed by atoms with Crippen LogP contribution in [0.4, 0.5) is 5.69 Å². The number of aliphatic carboxylic acids is 1. The van der Waals surface area contributed by atoms with E-state index < -0.39 is 10.9 Å². The summed E-state index contributed by atoms with van der Waals surface area (Å²) in [6.45, 7) is 0.272. The first-order valence-electron chi connectivity index (χ1n) is 5.29. The van der Waals surface area contributed by atoms with Gasteiger partial charge in [0, 0.05) is 12.5 Å². The predicted molar refractivity (Wildman–Crippen MR) is 65.1 cm³/mol.